The number of halogens is 1. The lowest BCUT2D eigenvalue weighted by molar-refractivity contribution is 0.0824. The van der Waals surface area contributed by atoms with Crippen LogP contribution in [0.4, 0.5) is 17.1 Å². The highest BCUT2D eigenvalue weighted by Crippen LogP contribution is 2.34. The minimum Gasteiger partial charge on any atom is -0.505 e. The Hall–Kier alpha value is -4.10. The molecule has 0 saturated carbocycles. The summed E-state index contributed by atoms with van der Waals surface area (Å²) in [7, 11) is 3.14. The highest BCUT2D eigenvalue weighted by atomic mass is 35.5. The molecular formula is C26H22ClN3O4. The van der Waals surface area contributed by atoms with E-state index in [1.54, 1.807) is 32.3 Å². The fourth-order valence-corrected chi connectivity index (χ4v) is 3.77. The molecule has 0 fully saturated rings. The zero-order valence-electron chi connectivity index (χ0n) is 18.5. The van der Waals surface area contributed by atoms with Gasteiger partial charge in [0.05, 0.1) is 17.3 Å². The van der Waals surface area contributed by atoms with E-state index < -0.39 is 22.8 Å². The molecule has 4 rings (SSSR count). The van der Waals surface area contributed by atoms with Gasteiger partial charge in [-0.1, -0.05) is 60.1 Å². The van der Waals surface area contributed by atoms with Gasteiger partial charge in [-0.2, -0.15) is 0 Å². The Bertz CT molecular complexity index is 1410. The van der Waals surface area contributed by atoms with Gasteiger partial charge in [0, 0.05) is 19.1 Å². The van der Waals surface area contributed by atoms with Gasteiger partial charge in [0.2, 0.25) is 0 Å². The van der Waals surface area contributed by atoms with Crippen molar-refractivity contribution in [2.45, 2.75) is 6.04 Å². The summed E-state index contributed by atoms with van der Waals surface area (Å²) in [5.41, 5.74) is 0.673. The zero-order valence-corrected chi connectivity index (χ0v) is 19.3. The SMILES string of the molecule is CN(C)C(=O)c1cccc(Nc2c(NC(c3ccccc3)c3ccc(Cl)cc3)c(=O)c2=O)c1O. The number of phenolic OH excluding ortho intramolecular Hbond substituents is 1. The number of aromatic hydroxyl groups is 1. The Morgan fingerprint density at radius 2 is 1.47 bits per heavy atom. The van der Waals surface area contributed by atoms with Crippen molar-refractivity contribution >= 4 is 34.6 Å². The van der Waals surface area contributed by atoms with Gasteiger partial charge >= 0.3 is 0 Å². The third kappa shape index (κ3) is 4.38. The topological polar surface area (TPSA) is 98.7 Å². The van der Waals surface area contributed by atoms with E-state index in [1.165, 1.54) is 17.0 Å². The van der Waals surface area contributed by atoms with Crippen molar-refractivity contribution in [1.29, 1.82) is 0 Å². The molecule has 0 spiro atoms. The number of para-hydroxylation sites is 1. The molecule has 0 aliphatic heterocycles. The lowest BCUT2D eigenvalue weighted by atomic mass is 9.97. The van der Waals surface area contributed by atoms with E-state index in [0.29, 0.717) is 5.02 Å². The third-order valence-corrected chi connectivity index (χ3v) is 5.72. The van der Waals surface area contributed by atoms with E-state index in [0.717, 1.165) is 11.1 Å². The second-order valence-electron chi connectivity index (χ2n) is 7.97. The average Bonchev–Trinajstić information content (AvgIpc) is 2.85. The fourth-order valence-electron chi connectivity index (χ4n) is 3.65. The van der Waals surface area contributed by atoms with Gasteiger partial charge in [-0.3, -0.25) is 14.4 Å². The minimum absolute atomic E-state index is 0.0182. The molecule has 34 heavy (non-hydrogen) atoms. The van der Waals surface area contributed by atoms with E-state index in [4.69, 9.17) is 11.6 Å². The number of hydrogen-bond donors (Lipinski definition) is 3. The number of nitrogens with one attached hydrogen (secondary N) is 2. The lowest BCUT2D eigenvalue weighted by Gasteiger charge is -2.24. The van der Waals surface area contributed by atoms with E-state index in [-0.39, 0.29) is 28.4 Å². The summed E-state index contributed by atoms with van der Waals surface area (Å²) in [5, 5.41) is 17.2. The van der Waals surface area contributed by atoms with Gasteiger partial charge in [0.1, 0.15) is 11.4 Å². The third-order valence-electron chi connectivity index (χ3n) is 5.47. The summed E-state index contributed by atoms with van der Waals surface area (Å²) in [6, 6.07) is 20.8. The summed E-state index contributed by atoms with van der Waals surface area (Å²) in [4.78, 5) is 38.6. The molecular weight excluding hydrogens is 454 g/mol. The number of carbonyl (C=O) groups excluding carboxylic acids is 1. The maximum absolute atomic E-state index is 12.5. The largest absolute Gasteiger partial charge is 0.505 e. The molecule has 0 aliphatic carbocycles. The maximum atomic E-state index is 12.5. The normalized spacial score (nSPS) is 11.7. The summed E-state index contributed by atoms with van der Waals surface area (Å²) in [5.74, 6) is -0.700. The number of phenols is 1. The van der Waals surface area contributed by atoms with Crippen molar-refractivity contribution in [3.63, 3.8) is 0 Å². The van der Waals surface area contributed by atoms with Crippen LogP contribution in [0.5, 0.6) is 5.75 Å². The first kappa shape index (κ1) is 23.1. The molecule has 1 unspecified atom stereocenters. The van der Waals surface area contributed by atoms with Gasteiger partial charge in [0.15, 0.2) is 5.75 Å². The van der Waals surface area contributed by atoms with E-state index >= 15 is 0 Å². The molecule has 0 aliphatic rings. The molecule has 4 aromatic rings. The Labute approximate surface area is 200 Å². The quantitative estimate of drug-likeness (QED) is 0.272. The molecule has 0 saturated heterocycles. The Kier molecular flexibility index (Phi) is 6.38. The first-order valence-corrected chi connectivity index (χ1v) is 10.9. The van der Waals surface area contributed by atoms with Gasteiger partial charge < -0.3 is 20.6 Å². The minimum atomic E-state index is -0.714. The number of benzene rings is 3. The van der Waals surface area contributed by atoms with Crippen LogP contribution in [-0.4, -0.2) is 30.0 Å². The van der Waals surface area contributed by atoms with Crippen LogP contribution in [0.25, 0.3) is 0 Å². The highest BCUT2D eigenvalue weighted by Gasteiger charge is 2.26. The Morgan fingerprint density at radius 3 is 2.12 bits per heavy atom. The van der Waals surface area contributed by atoms with Crippen LogP contribution >= 0.6 is 11.6 Å². The summed E-state index contributed by atoms with van der Waals surface area (Å²) < 4.78 is 0. The van der Waals surface area contributed by atoms with Crippen LogP contribution in [-0.2, 0) is 0 Å². The predicted octanol–water partition coefficient (Wildman–Crippen LogP) is 4.29. The molecule has 3 N–H and O–H groups in total. The molecule has 1 atom stereocenters. The lowest BCUT2D eigenvalue weighted by Crippen LogP contribution is -2.37. The second kappa shape index (κ2) is 9.41. The van der Waals surface area contributed by atoms with Gasteiger partial charge in [-0.15, -0.1) is 0 Å². The summed E-state index contributed by atoms with van der Waals surface area (Å²) in [6.07, 6.45) is 0. The van der Waals surface area contributed by atoms with Crippen LogP contribution in [0.3, 0.4) is 0 Å². The van der Waals surface area contributed by atoms with E-state index in [2.05, 4.69) is 10.6 Å². The van der Waals surface area contributed by atoms with Crippen LogP contribution in [0.2, 0.25) is 5.02 Å². The van der Waals surface area contributed by atoms with E-state index in [1.807, 2.05) is 42.5 Å². The molecule has 0 radical (unpaired) electrons. The maximum Gasteiger partial charge on any atom is 0.257 e. The monoisotopic (exact) mass is 475 g/mol. The van der Waals surface area contributed by atoms with Crippen LogP contribution < -0.4 is 21.5 Å². The number of amides is 1. The Morgan fingerprint density at radius 1 is 0.853 bits per heavy atom. The smallest absolute Gasteiger partial charge is 0.257 e. The Balaban J connectivity index is 1.70. The molecule has 172 valence electrons. The van der Waals surface area contributed by atoms with Crippen molar-refractivity contribution in [3.8, 4) is 5.75 Å². The van der Waals surface area contributed by atoms with Gasteiger partial charge in [-0.05, 0) is 35.4 Å². The van der Waals surface area contributed by atoms with Crippen molar-refractivity contribution in [3.05, 3.63) is 115 Å². The van der Waals surface area contributed by atoms with Crippen molar-refractivity contribution in [2.24, 2.45) is 0 Å². The summed E-state index contributed by atoms with van der Waals surface area (Å²) in [6.45, 7) is 0. The first-order valence-electron chi connectivity index (χ1n) is 10.5. The molecule has 0 aromatic heterocycles. The zero-order chi connectivity index (χ0) is 24.4. The van der Waals surface area contributed by atoms with E-state index in [9.17, 15) is 19.5 Å². The molecule has 0 bridgehead atoms. The number of hydrogen-bond acceptors (Lipinski definition) is 6. The molecule has 4 aromatic carbocycles. The number of anilines is 3. The second-order valence-corrected chi connectivity index (χ2v) is 8.41. The van der Waals surface area contributed by atoms with Crippen LogP contribution in [0.15, 0.2) is 82.4 Å². The van der Waals surface area contributed by atoms with Crippen molar-refractivity contribution in [2.75, 3.05) is 24.7 Å². The van der Waals surface area contributed by atoms with Gasteiger partial charge in [0.25, 0.3) is 16.8 Å². The fraction of sp³-hybridized carbons (Fsp3) is 0.115. The molecule has 0 heterocycles. The highest BCUT2D eigenvalue weighted by molar-refractivity contribution is 6.30. The van der Waals surface area contributed by atoms with Crippen LogP contribution in [0, 0.1) is 0 Å². The average molecular weight is 476 g/mol. The number of carbonyl (C=O) groups is 1. The molecule has 8 heteroatoms. The van der Waals surface area contributed by atoms with Crippen molar-refractivity contribution in [1.82, 2.24) is 4.90 Å². The first-order chi connectivity index (χ1) is 16.3. The summed E-state index contributed by atoms with van der Waals surface area (Å²) >= 11 is 6.04. The number of rotatable bonds is 7. The van der Waals surface area contributed by atoms with Crippen LogP contribution in [0.1, 0.15) is 27.5 Å². The molecule has 1 amide bonds. The van der Waals surface area contributed by atoms with Gasteiger partial charge in [-0.25, -0.2) is 0 Å². The predicted molar refractivity (Wildman–Crippen MR) is 134 cm³/mol. The molecule has 7 nitrogen and oxygen atoms in total. The standard InChI is InChI=1S/C26H22ClN3O4/c1-30(2)26(34)18-9-6-10-19(23(18)31)28-21-22(25(33)24(21)32)29-20(15-7-4-3-5-8-15)16-11-13-17(27)14-12-16/h3-14,20,28-29,31H,1-2H3. The number of nitrogens with zero attached hydrogens (tertiary/aromatic N) is 1. The van der Waals surface area contributed by atoms with Crippen molar-refractivity contribution < 1.29 is 9.90 Å².